The minimum Gasteiger partial charge on any atom is -0.399 e. The smallest absolute Gasteiger partial charge is 0.257 e. The average Bonchev–Trinajstić information content (AvgIpc) is 2.25. The molecule has 4 nitrogen and oxygen atoms in total. The van der Waals surface area contributed by atoms with Gasteiger partial charge in [0, 0.05) is 18.3 Å². The molecule has 3 N–H and O–H groups in total. The maximum absolute atomic E-state index is 13.7. The highest BCUT2D eigenvalue weighted by atomic mass is 19.1. The van der Waals surface area contributed by atoms with Gasteiger partial charge in [-0.25, -0.2) is 4.39 Å². The molecule has 1 saturated carbocycles. The minimum atomic E-state index is -0.609. The molecule has 1 aliphatic carbocycles. The number of nitrogen functional groups attached to an aromatic ring is 1. The van der Waals surface area contributed by atoms with E-state index in [4.69, 9.17) is 10.8 Å². The molecule has 18 heavy (non-hydrogen) atoms. The summed E-state index contributed by atoms with van der Waals surface area (Å²) in [7, 11) is 0. The maximum Gasteiger partial charge on any atom is 0.257 e. The third-order valence-electron chi connectivity index (χ3n) is 3.34. The molecule has 98 valence electrons. The van der Waals surface area contributed by atoms with Crippen LogP contribution >= 0.6 is 0 Å². The number of rotatable bonds is 4. The van der Waals surface area contributed by atoms with Crippen molar-refractivity contribution < 1.29 is 14.3 Å². The van der Waals surface area contributed by atoms with E-state index in [1.54, 1.807) is 4.90 Å². The second kappa shape index (κ2) is 5.35. The zero-order chi connectivity index (χ0) is 13.1. The summed E-state index contributed by atoms with van der Waals surface area (Å²) in [6.07, 6.45) is 2.91. The Balaban J connectivity index is 2.21. The normalized spacial score (nSPS) is 15.2. The van der Waals surface area contributed by atoms with Crippen LogP contribution in [0.4, 0.5) is 10.1 Å². The number of carbonyl (C=O) groups excluding carboxylic acids is 1. The molecule has 1 aliphatic rings. The van der Waals surface area contributed by atoms with E-state index < -0.39 is 5.82 Å². The molecule has 0 bridgehead atoms. The van der Waals surface area contributed by atoms with Crippen molar-refractivity contribution in [2.45, 2.75) is 25.3 Å². The molecule has 0 aromatic heterocycles. The highest BCUT2D eigenvalue weighted by Gasteiger charge is 2.30. The van der Waals surface area contributed by atoms with Gasteiger partial charge in [0.2, 0.25) is 0 Å². The molecule has 1 fully saturated rings. The summed E-state index contributed by atoms with van der Waals surface area (Å²) in [6, 6.07) is 4.18. The number of anilines is 1. The maximum atomic E-state index is 13.7. The topological polar surface area (TPSA) is 66.6 Å². The summed E-state index contributed by atoms with van der Waals surface area (Å²) in [5.74, 6) is -0.978. The second-order valence-electron chi connectivity index (χ2n) is 4.55. The van der Waals surface area contributed by atoms with Gasteiger partial charge in [-0.2, -0.15) is 0 Å². The predicted octanol–water partition coefficient (Wildman–Crippen LogP) is 1.39. The Labute approximate surface area is 105 Å². The summed E-state index contributed by atoms with van der Waals surface area (Å²) in [6.45, 7) is 0.131. The van der Waals surface area contributed by atoms with Crippen molar-refractivity contribution in [2.24, 2.45) is 0 Å². The Morgan fingerprint density at radius 2 is 2.22 bits per heavy atom. The van der Waals surface area contributed by atoms with Gasteiger partial charge in [0.25, 0.3) is 5.91 Å². The molecule has 1 aromatic carbocycles. The number of nitrogens with two attached hydrogens (primary N) is 1. The van der Waals surface area contributed by atoms with Crippen LogP contribution in [0.1, 0.15) is 29.6 Å². The molecule has 5 heteroatoms. The number of hydrogen-bond acceptors (Lipinski definition) is 3. The largest absolute Gasteiger partial charge is 0.399 e. The van der Waals surface area contributed by atoms with Gasteiger partial charge in [0.15, 0.2) is 0 Å². The van der Waals surface area contributed by atoms with Crippen LogP contribution in [0.25, 0.3) is 0 Å². The number of aliphatic hydroxyl groups excluding tert-OH is 1. The summed E-state index contributed by atoms with van der Waals surface area (Å²) in [5.41, 5.74) is 5.77. The van der Waals surface area contributed by atoms with Crippen molar-refractivity contribution in [3.05, 3.63) is 29.6 Å². The van der Waals surface area contributed by atoms with Gasteiger partial charge in [-0.15, -0.1) is 0 Å². The fourth-order valence-corrected chi connectivity index (χ4v) is 2.12. The summed E-state index contributed by atoms with van der Waals surface area (Å²) < 4.78 is 13.7. The zero-order valence-corrected chi connectivity index (χ0v) is 10.1. The molecule has 0 atom stereocenters. The number of nitrogens with zero attached hydrogens (tertiary/aromatic N) is 1. The Morgan fingerprint density at radius 1 is 1.50 bits per heavy atom. The SMILES string of the molecule is Nc1ccc(C(=O)N(CCO)C2CCC2)c(F)c1. The number of aliphatic hydroxyl groups is 1. The molecule has 0 saturated heterocycles. The Bertz CT molecular complexity index is 447. The first kappa shape index (κ1) is 12.8. The zero-order valence-electron chi connectivity index (χ0n) is 10.1. The lowest BCUT2D eigenvalue weighted by Crippen LogP contribution is -2.45. The van der Waals surface area contributed by atoms with Gasteiger partial charge < -0.3 is 15.7 Å². The lowest BCUT2D eigenvalue weighted by Gasteiger charge is -2.37. The van der Waals surface area contributed by atoms with Crippen LogP contribution in [0, 0.1) is 5.82 Å². The standard InChI is InChI=1S/C13H17FN2O2/c14-12-8-9(15)4-5-11(12)13(18)16(6-7-17)10-2-1-3-10/h4-5,8,10,17H,1-3,6-7,15H2. The third-order valence-corrected chi connectivity index (χ3v) is 3.34. The molecule has 0 aliphatic heterocycles. The van der Waals surface area contributed by atoms with Crippen molar-refractivity contribution in [1.82, 2.24) is 4.90 Å². The number of hydrogen-bond donors (Lipinski definition) is 2. The number of halogens is 1. The number of carbonyl (C=O) groups is 1. The summed E-state index contributed by atoms with van der Waals surface area (Å²) in [5, 5.41) is 9.01. The van der Waals surface area contributed by atoms with Crippen LogP contribution in [0.3, 0.4) is 0 Å². The molecule has 1 aromatic rings. The van der Waals surface area contributed by atoms with Crippen molar-refractivity contribution in [3.63, 3.8) is 0 Å². The molecule has 0 unspecified atom stereocenters. The highest BCUT2D eigenvalue weighted by molar-refractivity contribution is 5.95. The first-order valence-corrected chi connectivity index (χ1v) is 6.10. The van der Waals surface area contributed by atoms with Gasteiger partial charge in [-0.3, -0.25) is 4.79 Å². The van der Waals surface area contributed by atoms with E-state index in [0.717, 1.165) is 25.3 Å². The van der Waals surface area contributed by atoms with Gasteiger partial charge >= 0.3 is 0 Å². The quantitative estimate of drug-likeness (QED) is 0.796. The van der Waals surface area contributed by atoms with Gasteiger partial charge in [-0.05, 0) is 37.5 Å². The lowest BCUT2D eigenvalue weighted by molar-refractivity contribution is 0.0521. The first-order valence-electron chi connectivity index (χ1n) is 6.10. The number of benzene rings is 1. The van der Waals surface area contributed by atoms with E-state index in [-0.39, 0.29) is 30.7 Å². The van der Waals surface area contributed by atoms with Crippen molar-refractivity contribution in [1.29, 1.82) is 0 Å². The van der Waals surface area contributed by atoms with Crippen LogP contribution < -0.4 is 5.73 Å². The molecular weight excluding hydrogens is 235 g/mol. The second-order valence-corrected chi connectivity index (χ2v) is 4.55. The number of amides is 1. The van der Waals surface area contributed by atoms with E-state index in [0.29, 0.717) is 5.69 Å². The van der Waals surface area contributed by atoms with E-state index in [1.807, 2.05) is 0 Å². The lowest BCUT2D eigenvalue weighted by atomic mass is 9.91. The average molecular weight is 252 g/mol. The fraction of sp³-hybridized carbons (Fsp3) is 0.462. The molecule has 2 rings (SSSR count). The third kappa shape index (κ3) is 2.46. The molecular formula is C13H17FN2O2. The van der Waals surface area contributed by atoms with Crippen LogP contribution in [0.15, 0.2) is 18.2 Å². The van der Waals surface area contributed by atoms with Crippen molar-refractivity contribution in [2.75, 3.05) is 18.9 Å². The summed E-state index contributed by atoms with van der Waals surface area (Å²) >= 11 is 0. The molecule has 0 radical (unpaired) electrons. The van der Waals surface area contributed by atoms with Gasteiger partial charge in [0.05, 0.1) is 12.2 Å². The summed E-state index contributed by atoms with van der Waals surface area (Å²) in [4.78, 5) is 13.8. The van der Waals surface area contributed by atoms with E-state index in [1.165, 1.54) is 12.1 Å². The van der Waals surface area contributed by atoms with Gasteiger partial charge in [-0.1, -0.05) is 0 Å². The van der Waals surface area contributed by atoms with Crippen LogP contribution in [-0.2, 0) is 0 Å². The minimum absolute atomic E-state index is 0.0181. The Kier molecular flexibility index (Phi) is 3.81. The van der Waals surface area contributed by atoms with Crippen LogP contribution in [-0.4, -0.2) is 35.1 Å². The van der Waals surface area contributed by atoms with Crippen molar-refractivity contribution >= 4 is 11.6 Å². The van der Waals surface area contributed by atoms with Gasteiger partial charge in [0.1, 0.15) is 5.82 Å². The Hall–Kier alpha value is -1.62. The van der Waals surface area contributed by atoms with Crippen LogP contribution in [0.5, 0.6) is 0 Å². The van der Waals surface area contributed by atoms with Crippen LogP contribution in [0.2, 0.25) is 0 Å². The van der Waals surface area contributed by atoms with Crippen molar-refractivity contribution in [3.8, 4) is 0 Å². The molecule has 1 amide bonds. The van der Waals surface area contributed by atoms with E-state index in [2.05, 4.69) is 0 Å². The van der Waals surface area contributed by atoms with E-state index >= 15 is 0 Å². The molecule has 0 heterocycles. The monoisotopic (exact) mass is 252 g/mol. The Morgan fingerprint density at radius 3 is 2.72 bits per heavy atom. The molecule has 0 spiro atoms. The first-order chi connectivity index (χ1) is 8.63. The highest BCUT2D eigenvalue weighted by Crippen LogP contribution is 2.26. The predicted molar refractivity (Wildman–Crippen MR) is 66.6 cm³/mol. The van der Waals surface area contributed by atoms with E-state index in [9.17, 15) is 9.18 Å². The fourth-order valence-electron chi connectivity index (χ4n) is 2.12.